The molecule has 0 aliphatic rings. The number of benzene rings is 1. The van der Waals surface area contributed by atoms with Crippen molar-refractivity contribution in [2.75, 3.05) is 12.8 Å². The standard InChI is InChI=1S/C7H9BrNOP/c1-10-7-4(8)2-3-5(11)6(7)9/h2-3H,9,11H2,1H3. The first-order valence-electron chi connectivity index (χ1n) is 3.04. The minimum absolute atomic E-state index is 0.659. The van der Waals surface area contributed by atoms with E-state index in [0.29, 0.717) is 11.4 Å². The Bertz CT molecular complexity index is 277. The van der Waals surface area contributed by atoms with Gasteiger partial charge in [-0.25, -0.2) is 0 Å². The zero-order chi connectivity index (χ0) is 8.43. The lowest BCUT2D eigenvalue weighted by Gasteiger charge is -2.08. The Morgan fingerprint density at radius 1 is 1.55 bits per heavy atom. The summed E-state index contributed by atoms with van der Waals surface area (Å²) in [5, 5.41) is 0.949. The second-order valence-corrected chi connectivity index (χ2v) is 3.56. The fourth-order valence-electron chi connectivity index (χ4n) is 0.796. The molecule has 1 atom stereocenters. The maximum Gasteiger partial charge on any atom is 0.156 e. The molecule has 1 aromatic carbocycles. The minimum atomic E-state index is 0.659. The van der Waals surface area contributed by atoms with E-state index >= 15 is 0 Å². The van der Waals surface area contributed by atoms with E-state index in [0.717, 1.165) is 9.78 Å². The SMILES string of the molecule is COc1c(Br)ccc(P)c1N. The van der Waals surface area contributed by atoms with Gasteiger partial charge in [0.25, 0.3) is 0 Å². The Labute approximate surface area is 76.4 Å². The Morgan fingerprint density at radius 3 is 2.64 bits per heavy atom. The molecule has 0 aliphatic heterocycles. The largest absolute Gasteiger partial charge is 0.493 e. The molecule has 0 aliphatic carbocycles. The Morgan fingerprint density at radius 2 is 2.18 bits per heavy atom. The monoisotopic (exact) mass is 233 g/mol. The number of hydrogen-bond acceptors (Lipinski definition) is 2. The van der Waals surface area contributed by atoms with Crippen LogP contribution in [0.3, 0.4) is 0 Å². The molecule has 60 valence electrons. The number of anilines is 1. The lowest BCUT2D eigenvalue weighted by Crippen LogP contribution is -2.04. The highest BCUT2D eigenvalue weighted by molar-refractivity contribution is 9.10. The molecule has 0 radical (unpaired) electrons. The van der Waals surface area contributed by atoms with Gasteiger partial charge >= 0.3 is 0 Å². The highest BCUT2D eigenvalue weighted by Crippen LogP contribution is 2.29. The molecule has 11 heavy (non-hydrogen) atoms. The molecule has 1 rings (SSSR count). The van der Waals surface area contributed by atoms with Crippen LogP contribution in [-0.2, 0) is 0 Å². The minimum Gasteiger partial charge on any atom is -0.493 e. The molecular formula is C7H9BrNOP. The Balaban J connectivity index is 3.29. The van der Waals surface area contributed by atoms with Gasteiger partial charge in [-0.15, -0.1) is 9.24 Å². The fraction of sp³-hybridized carbons (Fsp3) is 0.143. The summed E-state index contributed by atoms with van der Waals surface area (Å²) < 4.78 is 5.95. The highest BCUT2D eigenvalue weighted by atomic mass is 79.9. The van der Waals surface area contributed by atoms with E-state index in [-0.39, 0.29) is 0 Å². The van der Waals surface area contributed by atoms with Crippen LogP contribution in [0.25, 0.3) is 0 Å². The summed E-state index contributed by atoms with van der Waals surface area (Å²) in [6.45, 7) is 0. The van der Waals surface area contributed by atoms with Gasteiger partial charge in [-0.1, -0.05) is 6.07 Å². The van der Waals surface area contributed by atoms with Gasteiger partial charge in [0.15, 0.2) is 5.75 Å². The van der Waals surface area contributed by atoms with Crippen LogP contribution in [0, 0.1) is 0 Å². The number of ether oxygens (including phenoxy) is 1. The topological polar surface area (TPSA) is 35.2 Å². The van der Waals surface area contributed by atoms with Crippen molar-refractivity contribution in [1.82, 2.24) is 0 Å². The maximum absolute atomic E-state index is 5.72. The van der Waals surface area contributed by atoms with Crippen molar-refractivity contribution in [1.29, 1.82) is 0 Å². The van der Waals surface area contributed by atoms with E-state index in [1.807, 2.05) is 12.1 Å². The number of nitrogens with two attached hydrogens (primary N) is 1. The molecular weight excluding hydrogens is 225 g/mol. The van der Waals surface area contributed by atoms with Crippen molar-refractivity contribution in [3.8, 4) is 5.75 Å². The molecule has 0 amide bonds. The molecule has 0 aromatic heterocycles. The number of hydrogen-bond donors (Lipinski definition) is 1. The van der Waals surface area contributed by atoms with Gasteiger partial charge in [0.1, 0.15) is 0 Å². The van der Waals surface area contributed by atoms with Gasteiger partial charge < -0.3 is 10.5 Å². The Hall–Kier alpha value is -0.270. The average molecular weight is 234 g/mol. The van der Waals surface area contributed by atoms with Gasteiger partial charge in [0.2, 0.25) is 0 Å². The van der Waals surface area contributed by atoms with E-state index in [4.69, 9.17) is 10.5 Å². The van der Waals surface area contributed by atoms with Crippen LogP contribution < -0.4 is 15.8 Å². The number of nitrogen functional groups attached to an aromatic ring is 1. The predicted octanol–water partition coefficient (Wildman–Crippen LogP) is 1.54. The maximum atomic E-state index is 5.72. The summed E-state index contributed by atoms with van der Waals surface area (Å²) in [5.74, 6) is 0.692. The normalized spacial score (nSPS) is 9.73. The van der Waals surface area contributed by atoms with E-state index in [9.17, 15) is 0 Å². The van der Waals surface area contributed by atoms with Gasteiger partial charge in [-0.05, 0) is 27.3 Å². The van der Waals surface area contributed by atoms with Crippen LogP contribution in [0.1, 0.15) is 0 Å². The third-order valence-electron chi connectivity index (χ3n) is 1.39. The molecule has 2 nitrogen and oxygen atoms in total. The molecule has 0 heterocycles. The quantitative estimate of drug-likeness (QED) is 0.590. The zero-order valence-corrected chi connectivity index (χ0v) is 8.84. The van der Waals surface area contributed by atoms with Crippen molar-refractivity contribution in [2.24, 2.45) is 0 Å². The summed E-state index contributed by atoms with van der Waals surface area (Å²) >= 11 is 3.33. The van der Waals surface area contributed by atoms with Crippen molar-refractivity contribution >= 4 is 36.2 Å². The molecule has 4 heteroatoms. The lowest BCUT2D eigenvalue weighted by atomic mass is 10.3. The zero-order valence-electron chi connectivity index (χ0n) is 6.10. The molecule has 1 unspecified atom stereocenters. The van der Waals surface area contributed by atoms with Crippen molar-refractivity contribution < 1.29 is 4.74 Å². The Kier molecular flexibility index (Phi) is 2.74. The second-order valence-electron chi connectivity index (χ2n) is 2.08. The van der Waals surface area contributed by atoms with Crippen LogP contribution in [-0.4, -0.2) is 7.11 Å². The van der Waals surface area contributed by atoms with Crippen LogP contribution in [0.5, 0.6) is 5.75 Å². The number of methoxy groups -OCH3 is 1. The predicted molar refractivity (Wildman–Crippen MR) is 54.5 cm³/mol. The molecule has 0 spiro atoms. The summed E-state index contributed by atoms with van der Waals surface area (Å²) in [5.41, 5.74) is 6.38. The third-order valence-corrected chi connectivity index (χ3v) is 2.51. The van der Waals surface area contributed by atoms with Crippen molar-refractivity contribution in [3.63, 3.8) is 0 Å². The van der Waals surface area contributed by atoms with E-state index in [1.54, 1.807) is 7.11 Å². The van der Waals surface area contributed by atoms with Crippen molar-refractivity contribution in [3.05, 3.63) is 16.6 Å². The first-order valence-corrected chi connectivity index (χ1v) is 4.41. The van der Waals surface area contributed by atoms with E-state index in [2.05, 4.69) is 25.2 Å². The van der Waals surface area contributed by atoms with Crippen LogP contribution in [0.15, 0.2) is 16.6 Å². The number of halogens is 1. The van der Waals surface area contributed by atoms with Gasteiger partial charge in [0.05, 0.1) is 17.3 Å². The van der Waals surface area contributed by atoms with Crippen molar-refractivity contribution in [2.45, 2.75) is 0 Å². The van der Waals surface area contributed by atoms with Gasteiger partial charge in [-0.3, -0.25) is 0 Å². The summed E-state index contributed by atoms with van der Waals surface area (Å²) in [6.07, 6.45) is 0. The first-order chi connectivity index (χ1) is 5.16. The second kappa shape index (κ2) is 3.42. The number of rotatable bonds is 1. The van der Waals surface area contributed by atoms with Crippen LogP contribution in [0.4, 0.5) is 5.69 Å². The summed E-state index contributed by atoms with van der Waals surface area (Å²) in [6, 6.07) is 3.81. The highest BCUT2D eigenvalue weighted by Gasteiger charge is 2.05. The molecule has 0 saturated carbocycles. The van der Waals surface area contributed by atoms with Gasteiger partial charge in [-0.2, -0.15) is 0 Å². The summed E-state index contributed by atoms with van der Waals surface area (Å²) in [7, 11) is 4.14. The first kappa shape index (κ1) is 8.82. The van der Waals surface area contributed by atoms with Gasteiger partial charge in [0, 0.05) is 0 Å². The summed E-state index contributed by atoms with van der Waals surface area (Å²) in [4.78, 5) is 0. The smallest absolute Gasteiger partial charge is 0.156 e. The van der Waals surface area contributed by atoms with Crippen LogP contribution in [0.2, 0.25) is 0 Å². The molecule has 0 fully saturated rings. The molecule has 1 aromatic rings. The molecule has 0 bridgehead atoms. The average Bonchev–Trinajstić information content (AvgIpc) is 1.99. The van der Waals surface area contributed by atoms with E-state index in [1.165, 1.54) is 0 Å². The third kappa shape index (κ3) is 1.66. The fourth-order valence-corrected chi connectivity index (χ4v) is 1.53. The van der Waals surface area contributed by atoms with Crippen LogP contribution >= 0.6 is 25.2 Å². The lowest BCUT2D eigenvalue weighted by molar-refractivity contribution is 0.414. The molecule has 2 N–H and O–H groups in total. The van der Waals surface area contributed by atoms with E-state index < -0.39 is 0 Å². The molecule has 0 saturated heterocycles.